The normalized spacial score (nSPS) is 10.4. The Morgan fingerprint density at radius 1 is 1.15 bits per heavy atom. The second-order valence-corrected chi connectivity index (χ2v) is 5.96. The number of nitrogens with one attached hydrogen (secondary N) is 1. The van der Waals surface area contributed by atoms with Crippen LogP contribution >= 0.6 is 0 Å². The van der Waals surface area contributed by atoms with E-state index in [4.69, 9.17) is 0 Å². The summed E-state index contributed by atoms with van der Waals surface area (Å²) in [5.74, 6) is -0.434. The predicted octanol–water partition coefficient (Wildman–Crippen LogP) is 2.77. The Bertz CT molecular complexity index is 1040. The third-order valence-corrected chi connectivity index (χ3v) is 3.90. The van der Waals surface area contributed by atoms with Gasteiger partial charge in [-0.25, -0.2) is 4.98 Å². The number of aryl methyl sites for hydroxylation is 1. The van der Waals surface area contributed by atoms with Crippen LogP contribution in [0.1, 0.15) is 5.56 Å². The monoisotopic (exact) mass is 364 g/mol. The van der Waals surface area contributed by atoms with E-state index in [2.05, 4.69) is 10.3 Å². The van der Waals surface area contributed by atoms with E-state index in [1.54, 1.807) is 0 Å². The van der Waals surface area contributed by atoms with Crippen molar-refractivity contribution < 1.29 is 9.72 Å². The molecule has 8 heteroatoms. The number of hydrogen-bond acceptors (Lipinski definition) is 5. The Hall–Kier alpha value is -3.81. The molecule has 27 heavy (non-hydrogen) atoms. The number of nitrogens with zero attached hydrogens (tertiary/aromatic N) is 3. The first-order valence-corrected chi connectivity index (χ1v) is 8.10. The molecule has 0 atom stereocenters. The van der Waals surface area contributed by atoms with E-state index in [1.807, 2.05) is 31.2 Å². The van der Waals surface area contributed by atoms with Gasteiger partial charge < -0.3 is 5.32 Å². The fraction of sp³-hybridized carbons (Fsp3) is 0.105. The number of nitro benzene ring substituents is 1. The molecule has 0 radical (unpaired) electrons. The fourth-order valence-corrected chi connectivity index (χ4v) is 2.45. The fourth-order valence-electron chi connectivity index (χ4n) is 2.45. The maximum absolute atomic E-state index is 12.3. The van der Waals surface area contributed by atoms with Gasteiger partial charge in [-0.2, -0.15) is 0 Å². The van der Waals surface area contributed by atoms with Crippen LogP contribution in [0.4, 0.5) is 11.4 Å². The molecule has 2 aromatic carbocycles. The van der Waals surface area contributed by atoms with Gasteiger partial charge in [-0.05, 0) is 19.1 Å². The van der Waals surface area contributed by atoms with Crippen molar-refractivity contribution in [1.29, 1.82) is 0 Å². The molecule has 0 aliphatic carbocycles. The van der Waals surface area contributed by atoms with Gasteiger partial charge >= 0.3 is 0 Å². The maximum Gasteiger partial charge on any atom is 0.269 e. The highest BCUT2D eigenvalue weighted by atomic mass is 16.6. The second-order valence-electron chi connectivity index (χ2n) is 5.96. The molecule has 136 valence electrons. The Balaban J connectivity index is 1.69. The Morgan fingerprint density at radius 2 is 1.81 bits per heavy atom. The number of carbonyl (C=O) groups is 1. The molecule has 0 unspecified atom stereocenters. The number of amides is 1. The standard InChI is InChI=1S/C19H16N4O4/c1-13-2-4-14(5-3-13)17-10-19(25)22(12-20-17)11-18(24)21-15-6-8-16(9-7-15)23(26)27/h2-10,12H,11H2,1H3,(H,21,24). The van der Waals surface area contributed by atoms with Crippen LogP contribution < -0.4 is 10.9 Å². The molecule has 0 bridgehead atoms. The number of hydrogen-bond donors (Lipinski definition) is 1. The van der Waals surface area contributed by atoms with E-state index in [0.717, 1.165) is 11.1 Å². The zero-order valence-electron chi connectivity index (χ0n) is 14.5. The Kier molecular flexibility index (Phi) is 5.07. The summed E-state index contributed by atoms with van der Waals surface area (Å²) in [6, 6.07) is 14.4. The van der Waals surface area contributed by atoms with Gasteiger partial charge in [-0.1, -0.05) is 29.8 Å². The predicted molar refractivity (Wildman–Crippen MR) is 100 cm³/mol. The number of anilines is 1. The van der Waals surface area contributed by atoms with E-state index in [1.165, 1.54) is 41.2 Å². The van der Waals surface area contributed by atoms with Crippen LogP contribution in [-0.4, -0.2) is 20.4 Å². The van der Waals surface area contributed by atoms with E-state index in [9.17, 15) is 19.7 Å². The van der Waals surface area contributed by atoms with Crippen LogP contribution in [-0.2, 0) is 11.3 Å². The van der Waals surface area contributed by atoms with Gasteiger partial charge in [0, 0.05) is 29.4 Å². The van der Waals surface area contributed by atoms with Crippen molar-refractivity contribution in [3.63, 3.8) is 0 Å². The van der Waals surface area contributed by atoms with E-state index < -0.39 is 10.8 Å². The van der Waals surface area contributed by atoms with Crippen LogP contribution in [0, 0.1) is 17.0 Å². The molecule has 0 saturated heterocycles. The van der Waals surface area contributed by atoms with Crippen LogP contribution in [0.25, 0.3) is 11.3 Å². The lowest BCUT2D eigenvalue weighted by Gasteiger charge is -2.08. The van der Waals surface area contributed by atoms with Gasteiger partial charge in [-0.15, -0.1) is 0 Å². The largest absolute Gasteiger partial charge is 0.325 e. The van der Waals surface area contributed by atoms with Crippen molar-refractivity contribution in [2.75, 3.05) is 5.32 Å². The smallest absolute Gasteiger partial charge is 0.269 e. The summed E-state index contributed by atoms with van der Waals surface area (Å²) in [4.78, 5) is 38.7. The summed E-state index contributed by atoms with van der Waals surface area (Å²) in [5, 5.41) is 13.2. The number of aromatic nitrogens is 2. The minimum atomic E-state index is -0.521. The highest BCUT2D eigenvalue weighted by Gasteiger charge is 2.09. The number of carbonyl (C=O) groups excluding carboxylic acids is 1. The first-order chi connectivity index (χ1) is 12.9. The lowest BCUT2D eigenvalue weighted by molar-refractivity contribution is -0.384. The van der Waals surface area contributed by atoms with E-state index >= 15 is 0 Å². The lowest BCUT2D eigenvalue weighted by Crippen LogP contribution is -2.27. The summed E-state index contributed by atoms with van der Waals surface area (Å²) in [6.07, 6.45) is 1.33. The van der Waals surface area contributed by atoms with Crippen molar-refractivity contribution in [2.24, 2.45) is 0 Å². The zero-order chi connectivity index (χ0) is 19.4. The number of nitro groups is 1. The molecule has 1 amide bonds. The minimum absolute atomic E-state index is 0.0693. The summed E-state index contributed by atoms with van der Waals surface area (Å²) < 4.78 is 1.19. The highest BCUT2D eigenvalue weighted by Crippen LogP contribution is 2.16. The quantitative estimate of drug-likeness (QED) is 0.553. The van der Waals surface area contributed by atoms with Crippen LogP contribution in [0.5, 0.6) is 0 Å². The first kappa shape index (κ1) is 18.0. The van der Waals surface area contributed by atoms with Crippen LogP contribution in [0.2, 0.25) is 0 Å². The number of benzene rings is 2. The van der Waals surface area contributed by atoms with E-state index in [0.29, 0.717) is 11.4 Å². The molecule has 1 heterocycles. The third-order valence-electron chi connectivity index (χ3n) is 3.90. The molecule has 0 fully saturated rings. The zero-order valence-corrected chi connectivity index (χ0v) is 14.5. The Morgan fingerprint density at radius 3 is 2.41 bits per heavy atom. The number of non-ortho nitro benzene ring substituents is 1. The average molecular weight is 364 g/mol. The maximum atomic E-state index is 12.3. The molecule has 0 aliphatic heterocycles. The molecule has 0 aliphatic rings. The molecule has 8 nitrogen and oxygen atoms in total. The first-order valence-electron chi connectivity index (χ1n) is 8.10. The molecular formula is C19H16N4O4. The van der Waals surface area contributed by atoms with Crippen LogP contribution in [0.15, 0.2) is 65.7 Å². The van der Waals surface area contributed by atoms with E-state index in [-0.39, 0.29) is 17.8 Å². The van der Waals surface area contributed by atoms with Crippen molar-refractivity contribution in [3.05, 3.63) is 87.0 Å². The summed E-state index contributed by atoms with van der Waals surface area (Å²) >= 11 is 0. The third kappa shape index (κ3) is 4.43. The number of rotatable bonds is 5. The summed E-state index contributed by atoms with van der Waals surface area (Å²) in [6.45, 7) is 1.76. The van der Waals surface area contributed by atoms with Gasteiger partial charge in [-0.3, -0.25) is 24.3 Å². The van der Waals surface area contributed by atoms with Crippen molar-refractivity contribution in [3.8, 4) is 11.3 Å². The summed E-state index contributed by atoms with van der Waals surface area (Å²) in [5.41, 5.74) is 2.45. The van der Waals surface area contributed by atoms with Crippen molar-refractivity contribution in [1.82, 2.24) is 9.55 Å². The molecule has 1 N–H and O–H groups in total. The van der Waals surface area contributed by atoms with Gasteiger partial charge in [0.15, 0.2) is 0 Å². The van der Waals surface area contributed by atoms with Gasteiger partial charge in [0.05, 0.1) is 16.9 Å². The molecule has 1 aromatic heterocycles. The summed E-state index contributed by atoms with van der Waals surface area (Å²) in [7, 11) is 0. The average Bonchev–Trinajstić information content (AvgIpc) is 2.64. The molecule has 0 saturated carbocycles. The van der Waals surface area contributed by atoms with Crippen molar-refractivity contribution in [2.45, 2.75) is 13.5 Å². The minimum Gasteiger partial charge on any atom is -0.325 e. The van der Waals surface area contributed by atoms with Gasteiger partial charge in [0.1, 0.15) is 6.54 Å². The van der Waals surface area contributed by atoms with Crippen molar-refractivity contribution >= 4 is 17.3 Å². The molecule has 3 rings (SSSR count). The SMILES string of the molecule is Cc1ccc(-c2cc(=O)n(CC(=O)Nc3ccc([N+](=O)[O-])cc3)cn2)cc1. The molecule has 0 spiro atoms. The van der Waals surface area contributed by atoms with Gasteiger partial charge in [0.25, 0.3) is 11.2 Å². The second kappa shape index (κ2) is 7.61. The lowest BCUT2D eigenvalue weighted by atomic mass is 10.1. The van der Waals surface area contributed by atoms with Crippen LogP contribution in [0.3, 0.4) is 0 Å². The topological polar surface area (TPSA) is 107 Å². The molecular weight excluding hydrogens is 348 g/mol. The Labute approximate surface area is 154 Å². The molecule has 3 aromatic rings. The van der Waals surface area contributed by atoms with Gasteiger partial charge in [0.2, 0.25) is 5.91 Å². The highest BCUT2D eigenvalue weighted by molar-refractivity contribution is 5.90.